The maximum Gasteiger partial charge on any atom is 0.213 e. The Labute approximate surface area is 95.2 Å². The smallest absolute Gasteiger partial charge is 0.213 e. The summed E-state index contributed by atoms with van der Waals surface area (Å²) in [6.45, 7) is -0.109. The van der Waals surface area contributed by atoms with Crippen LogP contribution in [0.3, 0.4) is 0 Å². The minimum atomic E-state index is -1.65. The molecule has 3 heterocycles. The van der Waals surface area contributed by atoms with Gasteiger partial charge in [-0.05, 0) is 0 Å². The molecule has 2 aromatic rings. The molecular formula is C8H10N6O3. The molecule has 9 nitrogen and oxygen atoms in total. The molecule has 1 aliphatic rings. The van der Waals surface area contributed by atoms with Crippen molar-refractivity contribution in [3.8, 4) is 0 Å². The molecular weight excluding hydrogens is 228 g/mol. The SMILES string of the molecule is OC1C(n2ccnn2)OCC1(O)n1ccnn1. The van der Waals surface area contributed by atoms with Gasteiger partial charge in [0.2, 0.25) is 5.72 Å². The van der Waals surface area contributed by atoms with Crippen molar-refractivity contribution in [3.05, 3.63) is 24.8 Å². The largest absolute Gasteiger partial charge is 0.383 e. The second-order valence-corrected chi connectivity index (χ2v) is 3.76. The highest BCUT2D eigenvalue weighted by atomic mass is 16.6. The first-order valence-corrected chi connectivity index (χ1v) is 4.96. The molecule has 1 aliphatic heterocycles. The minimum Gasteiger partial charge on any atom is -0.383 e. The van der Waals surface area contributed by atoms with Crippen LogP contribution in [0, 0.1) is 0 Å². The van der Waals surface area contributed by atoms with Crippen LogP contribution in [0.5, 0.6) is 0 Å². The highest BCUT2D eigenvalue weighted by molar-refractivity contribution is 4.92. The Balaban J connectivity index is 1.92. The zero-order valence-electron chi connectivity index (χ0n) is 8.66. The van der Waals surface area contributed by atoms with Crippen LogP contribution < -0.4 is 0 Å². The molecule has 0 amide bonds. The first kappa shape index (κ1) is 10.3. The van der Waals surface area contributed by atoms with Crippen LogP contribution in [0.1, 0.15) is 6.23 Å². The van der Waals surface area contributed by atoms with E-state index in [4.69, 9.17) is 4.74 Å². The van der Waals surface area contributed by atoms with Gasteiger partial charge in [-0.15, -0.1) is 10.2 Å². The summed E-state index contributed by atoms with van der Waals surface area (Å²) in [5.41, 5.74) is -1.65. The Bertz CT molecular complexity index is 485. The van der Waals surface area contributed by atoms with Gasteiger partial charge in [0.25, 0.3) is 0 Å². The van der Waals surface area contributed by atoms with Crippen LogP contribution in [-0.4, -0.2) is 52.9 Å². The molecule has 1 fully saturated rings. The first-order chi connectivity index (χ1) is 8.22. The molecule has 9 heteroatoms. The highest BCUT2D eigenvalue weighted by Crippen LogP contribution is 2.34. The third-order valence-corrected chi connectivity index (χ3v) is 2.73. The molecule has 0 spiro atoms. The highest BCUT2D eigenvalue weighted by Gasteiger charge is 2.51. The van der Waals surface area contributed by atoms with Crippen LogP contribution >= 0.6 is 0 Å². The molecule has 2 aromatic heterocycles. The number of aliphatic hydroxyl groups excluding tert-OH is 1. The molecule has 3 rings (SSSR count). The molecule has 0 aliphatic carbocycles. The third-order valence-electron chi connectivity index (χ3n) is 2.73. The zero-order chi connectivity index (χ0) is 11.9. The van der Waals surface area contributed by atoms with Crippen LogP contribution in [-0.2, 0) is 10.5 Å². The second-order valence-electron chi connectivity index (χ2n) is 3.76. The van der Waals surface area contributed by atoms with Crippen molar-refractivity contribution in [2.24, 2.45) is 0 Å². The van der Waals surface area contributed by atoms with Gasteiger partial charge in [0.1, 0.15) is 6.61 Å². The summed E-state index contributed by atoms with van der Waals surface area (Å²) in [5, 5.41) is 35.0. The van der Waals surface area contributed by atoms with E-state index in [0.717, 1.165) is 4.68 Å². The summed E-state index contributed by atoms with van der Waals surface area (Å²) in [4.78, 5) is 0. The number of aromatic nitrogens is 6. The maximum atomic E-state index is 10.3. The Morgan fingerprint density at radius 1 is 1.24 bits per heavy atom. The van der Waals surface area contributed by atoms with Crippen molar-refractivity contribution in [2.75, 3.05) is 6.61 Å². The standard InChI is InChI=1S/C8H10N6O3/c15-6-7(13-3-1-9-11-13)17-5-8(6,16)14-4-2-10-12-14/h1-4,6-7,15-16H,5H2. The van der Waals surface area contributed by atoms with Gasteiger partial charge in [0, 0.05) is 12.4 Å². The summed E-state index contributed by atoms with van der Waals surface area (Å²) in [6.07, 6.45) is 3.85. The molecule has 1 saturated heterocycles. The summed E-state index contributed by atoms with van der Waals surface area (Å²) >= 11 is 0. The number of nitrogens with zero attached hydrogens (tertiary/aromatic N) is 6. The van der Waals surface area contributed by atoms with E-state index < -0.39 is 18.1 Å². The molecule has 2 N–H and O–H groups in total. The Kier molecular flexibility index (Phi) is 2.18. The lowest BCUT2D eigenvalue weighted by Crippen LogP contribution is -2.46. The lowest BCUT2D eigenvalue weighted by Gasteiger charge is -2.25. The van der Waals surface area contributed by atoms with Crippen LogP contribution in [0.2, 0.25) is 0 Å². The van der Waals surface area contributed by atoms with Gasteiger partial charge in [0.15, 0.2) is 12.3 Å². The van der Waals surface area contributed by atoms with Crippen molar-refractivity contribution in [2.45, 2.75) is 18.1 Å². The van der Waals surface area contributed by atoms with Crippen molar-refractivity contribution in [1.82, 2.24) is 30.0 Å². The fourth-order valence-corrected chi connectivity index (χ4v) is 1.80. The van der Waals surface area contributed by atoms with Gasteiger partial charge in [-0.25, -0.2) is 9.36 Å². The molecule has 0 bridgehead atoms. The van der Waals surface area contributed by atoms with E-state index in [9.17, 15) is 10.2 Å². The predicted octanol–water partition coefficient (Wildman–Crippen LogP) is -1.90. The molecule has 0 saturated carbocycles. The average Bonchev–Trinajstić information content (AvgIpc) is 3.02. The Hall–Kier alpha value is -1.84. The fourth-order valence-electron chi connectivity index (χ4n) is 1.80. The van der Waals surface area contributed by atoms with E-state index in [0.29, 0.717) is 0 Å². The average molecular weight is 238 g/mol. The van der Waals surface area contributed by atoms with Crippen LogP contribution in [0.25, 0.3) is 0 Å². The van der Waals surface area contributed by atoms with Gasteiger partial charge in [-0.1, -0.05) is 10.4 Å². The van der Waals surface area contributed by atoms with Crippen LogP contribution in [0.15, 0.2) is 24.8 Å². The van der Waals surface area contributed by atoms with Gasteiger partial charge in [-0.2, -0.15) is 0 Å². The zero-order valence-corrected chi connectivity index (χ0v) is 8.66. The van der Waals surface area contributed by atoms with E-state index >= 15 is 0 Å². The molecule has 3 unspecified atom stereocenters. The van der Waals surface area contributed by atoms with Gasteiger partial charge >= 0.3 is 0 Å². The maximum absolute atomic E-state index is 10.3. The summed E-state index contributed by atoms with van der Waals surface area (Å²) in [7, 11) is 0. The first-order valence-electron chi connectivity index (χ1n) is 4.96. The van der Waals surface area contributed by atoms with Crippen molar-refractivity contribution < 1.29 is 14.9 Å². The summed E-state index contributed by atoms with van der Waals surface area (Å²) in [5.74, 6) is 0. The normalized spacial score (nSPS) is 33.1. The Morgan fingerprint density at radius 3 is 2.65 bits per heavy atom. The van der Waals surface area contributed by atoms with Crippen molar-refractivity contribution >= 4 is 0 Å². The Morgan fingerprint density at radius 2 is 2.00 bits per heavy atom. The molecule has 3 atom stereocenters. The van der Waals surface area contributed by atoms with E-state index in [1.165, 1.54) is 23.3 Å². The number of hydrogen-bond acceptors (Lipinski definition) is 7. The lowest BCUT2D eigenvalue weighted by atomic mass is 10.1. The van der Waals surface area contributed by atoms with Gasteiger partial charge < -0.3 is 14.9 Å². The number of hydrogen-bond donors (Lipinski definition) is 2. The van der Waals surface area contributed by atoms with E-state index in [1.54, 1.807) is 6.20 Å². The van der Waals surface area contributed by atoms with Crippen molar-refractivity contribution in [1.29, 1.82) is 0 Å². The number of aliphatic hydroxyl groups is 2. The van der Waals surface area contributed by atoms with Crippen LogP contribution in [0.4, 0.5) is 0 Å². The second kappa shape index (κ2) is 3.58. The number of rotatable bonds is 2. The quantitative estimate of drug-likeness (QED) is 0.628. The van der Waals surface area contributed by atoms with Gasteiger partial charge in [-0.3, -0.25) is 0 Å². The predicted molar refractivity (Wildman–Crippen MR) is 51.2 cm³/mol. The monoisotopic (exact) mass is 238 g/mol. The summed E-state index contributed by atoms with van der Waals surface area (Å²) in [6, 6.07) is 0. The summed E-state index contributed by atoms with van der Waals surface area (Å²) < 4.78 is 7.82. The van der Waals surface area contributed by atoms with Crippen molar-refractivity contribution in [3.63, 3.8) is 0 Å². The molecule has 0 aromatic carbocycles. The van der Waals surface area contributed by atoms with E-state index in [-0.39, 0.29) is 6.61 Å². The minimum absolute atomic E-state index is 0.109. The lowest BCUT2D eigenvalue weighted by molar-refractivity contribution is -0.124. The topological polar surface area (TPSA) is 111 Å². The third kappa shape index (κ3) is 1.44. The van der Waals surface area contributed by atoms with E-state index in [1.807, 2.05) is 0 Å². The number of ether oxygens (including phenoxy) is 1. The van der Waals surface area contributed by atoms with Gasteiger partial charge in [0.05, 0.1) is 12.4 Å². The molecule has 17 heavy (non-hydrogen) atoms. The molecule has 90 valence electrons. The van der Waals surface area contributed by atoms with E-state index in [2.05, 4.69) is 20.6 Å². The fraction of sp³-hybridized carbons (Fsp3) is 0.500. The molecule has 0 radical (unpaired) electrons.